The zero-order valence-corrected chi connectivity index (χ0v) is 9.90. The van der Waals surface area contributed by atoms with E-state index in [4.69, 9.17) is 9.47 Å². The first-order chi connectivity index (χ1) is 7.01. The molecule has 15 heavy (non-hydrogen) atoms. The number of hydrogen-bond acceptors (Lipinski definition) is 3. The molecule has 1 saturated heterocycles. The first kappa shape index (κ1) is 11.4. The van der Waals surface area contributed by atoms with Crippen molar-refractivity contribution in [2.45, 2.75) is 46.0 Å². The van der Waals surface area contributed by atoms with Crippen LogP contribution in [0.2, 0.25) is 0 Å². The van der Waals surface area contributed by atoms with Crippen molar-refractivity contribution in [2.75, 3.05) is 13.2 Å². The summed E-state index contributed by atoms with van der Waals surface area (Å²) in [6.45, 7) is 7.87. The van der Waals surface area contributed by atoms with Gasteiger partial charge in [0.25, 0.3) is 0 Å². The molecule has 1 saturated carbocycles. The normalized spacial score (nSPS) is 41.2. The van der Waals surface area contributed by atoms with Gasteiger partial charge in [-0.15, -0.1) is 0 Å². The minimum Gasteiger partial charge on any atom is -0.392 e. The van der Waals surface area contributed by atoms with Crippen LogP contribution in [0.5, 0.6) is 0 Å². The van der Waals surface area contributed by atoms with Crippen LogP contribution in [0, 0.1) is 17.3 Å². The van der Waals surface area contributed by atoms with Gasteiger partial charge in [0.1, 0.15) is 0 Å². The molecule has 3 heteroatoms. The molecule has 0 aromatic carbocycles. The van der Waals surface area contributed by atoms with E-state index in [1.54, 1.807) is 0 Å². The maximum Gasteiger partial charge on any atom is 0.158 e. The second kappa shape index (κ2) is 4.04. The fraction of sp³-hybridized carbons (Fsp3) is 1.00. The summed E-state index contributed by atoms with van der Waals surface area (Å²) in [5.74, 6) is 0.900. The summed E-state index contributed by atoms with van der Waals surface area (Å²) in [5, 5.41) is 10.1. The molecule has 0 spiro atoms. The molecule has 0 aromatic heterocycles. The number of aliphatic hydroxyl groups excluding tert-OH is 1. The Labute approximate surface area is 91.8 Å². The van der Waals surface area contributed by atoms with E-state index in [1.807, 2.05) is 0 Å². The highest BCUT2D eigenvalue weighted by Crippen LogP contribution is 2.48. The SMILES string of the molecule is C[C@@H]1C[C@H](CC2OCCO2)C(C)(C)[C@@H]1O. The van der Waals surface area contributed by atoms with Crippen LogP contribution in [0.25, 0.3) is 0 Å². The Bertz CT molecular complexity index is 221. The number of aliphatic hydroxyl groups is 1. The van der Waals surface area contributed by atoms with Crippen molar-refractivity contribution in [1.29, 1.82) is 0 Å². The number of rotatable bonds is 2. The van der Waals surface area contributed by atoms with E-state index in [0.29, 0.717) is 11.8 Å². The summed E-state index contributed by atoms with van der Waals surface area (Å²) >= 11 is 0. The molecule has 1 aliphatic heterocycles. The van der Waals surface area contributed by atoms with Crippen LogP contribution in [0.4, 0.5) is 0 Å². The van der Waals surface area contributed by atoms with Crippen LogP contribution < -0.4 is 0 Å². The van der Waals surface area contributed by atoms with Gasteiger partial charge >= 0.3 is 0 Å². The van der Waals surface area contributed by atoms with Crippen molar-refractivity contribution in [3.63, 3.8) is 0 Å². The Kier molecular flexibility index (Phi) is 3.06. The zero-order valence-electron chi connectivity index (χ0n) is 9.90. The average Bonchev–Trinajstić information content (AvgIpc) is 2.73. The Morgan fingerprint density at radius 3 is 2.33 bits per heavy atom. The maximum atomic E-state index is 10.1. The third kappa shape index (κ3) is 2.05. The van der Waals surface area contributed by atoms with Gasteiger partial charge in [-0.25, -0.2) is 0 Å². The van der Waals surface area contributed by atoms with Crippen LogP contribution in [0.15, 0.2) is 0 Å². The topological polar surface area (TPSA) is 38.7 Å². The van der Waals surface area contributed by atoms with Crippen LogP contribution in [0.1, 0.15) is 33.6 Å². The quantitative estimate of drug-likeness (QED) is 0.761. The van der Waals surface area contributed by atoms with Gasteiger partial charge in [-0.1, -0.05) is 20.8 Å². The predicted octanol–water partition coefficient (Wildman–Crippen LogP) is 1.79. The summed E-state index contributed by atoms with van der Waals surface area (Å²) in [7, 11) is 0. The smallest absolute Gasteiger partial charge is 0.158 e. The molecule has 0 amide bonds. The predicted molar refractivity (Wildman–Crippen MR) is 57.4 cm³/mol. The van der Waals surface area contributed by atoms with Gasteiger partial charge in [0.15, 0.2) is 6.29 Å². The lowest BCUT2D eigenvalue weighted by Gasteiger charge is -2.31. The Morgan fingerprint density at radius 2 is 1.87 bits per heavy atom. The van der Waals surface area contributed by atoms with Gasteiger partial charge in [0, 0.05) is 6.42 Å². The average molecular weight is 214 g/mol. The fourth-order valence-electron chi connectivity index (χ4n) is 3.03. The number of hydrogen-bond donors (Lipinski definition) is 1. The van der Waals surface area contributed by atoms with Crippen LogP contribution >= 0.6 is 0 Å². The van der Waals surface area contributed by atoms with Gasteiger partial charge < -0.3 is 14.6 Å². The number of ether oxygens (including phenoxy) is 2. The molecule has 3 nitrogen and oxygen atoms in total. The van der Waals surface area contributed by atoms with Gasteiger partial charge in [-0.3, -0.25) is 0 Å². The highest BCUT2D eigenvalue weighted by molar-refractivity contribution is 4.96. The van der Waals surface area contributed by atoms with Crippen molar-refractivity contribution < 1.29 is 14.6 Å². The molecule has 2 fully saturated rings. The molecule has 0 aromatic rings. The van der Waals surface area contributed by atoms with E-state index >= 15 is 0 Å². The minimum atomic E-state index is -0.191. The molecule has 0 radical (unpaired) electrons. The zero-order chi connectivity index (χ0) is 11.1. The van der Waals surface area contributed by atoms with Crippen molar-refractivity contribution >= 4 is 0 Å². The van der Waals surface area contributed by atoms with E-state index in [1.165, 1.54) is 0 Å². The lowest BCUT2D eigenvalue weighted by atomic mass is 9.78. The Balaban J connectivity index is 1.97. The van der Waals surface area contributed by atoms with Crippen molar-refractivity contribution in [3.8, 4) is 0 Å². The Morgan fingerprint density at radius 1 is 1.27 bits per heavy atom. The third-order valence-corrected chi connectivity index (χ3v) is 4.18. The van der Waals surface area contributed by atoms with Gasteiger partial charge in [-0.2, -0.15) is 0 Å². The molecular weight excluding hydrogens is 192 g/mol. The molecule has 2 rings (SSSR count). The molecule has 1 aliphatic carbocycles. The molecule has 2 aliphatic rings. The standard InChI is InChI=1S/C12H22O3/c1-8-6-9(12(2,3)11(8)13)7-10-14-4-5-15-10/h8-11,13H,4-7H2,1-3H3/t8-,9-,11-/m1/s1. The van der Waals surface area contributed by atoms with E-state index in [-0.39, 0.29) is 17.8 Å². The molecular formula is C12H22O3. The maximum absolute atomic E-state index is 10.1. The second-order valence-corrected chi connectivity index (χ2v) is 5.58. The van der Waals surface area contributed by atoms with E-state index in [9.17, 15) is 5.11 Å². The highest BCUT2D eigenvalue weighted by atomic mass is 16.7. The summed E-state index contributed by atoms with van der Waals surface area (Å²) in [6.07, 6.45) is 1.78. The summed E-state index contributed by atoms with van der Waals surface area (Å²) in [5.41, 5.74) is -0.00523. The lowest BCUT2D eigenvalue weighted by Crippen LogP contribution is -2.32. The van der Waals surface area contributed by atoms with Crippen molar-refractivity contribution in [1.82, 2.24) is 0 Å². The molecule has 0 bridgehead atoms. The van der Waals surface area contributed by atoms with Crippen LogP contribution in [0.3, 0.4) is 0 Å². The van der Waals surface area contributed by atoms with E-state index in [0.717, 1.165) is 26.1 Å². The summed E-state index contributed by atoms with van der Waals surface area (Å²) in [6, 6.07) is 0. The van der Waals surface area contributed by atoms with Crippen molar-refractivity contribution in [3.05, 3.63) is 0 Å². The summed E-state index contributed by atoms with van der Waals surface area (Å²) < 4.78 is 10.9. The van der Waals surface area contributed by atoms with Gasteiger partial charge in [0.05, 0.1) is 19.3 Å². The van der Waals surface area contributed by atoms with Gasteiger partial charge in [-0.05, 0) is 23.7 Å². The van der Waals surface area contributed by atoms with Crippen LogP contribution in [-0.2, 0) is 9.47 Å². The molecule has 0 unspecified atom stereocenters. The third-order valence-electron chi connectivity index (χ3n) is 4.18. The molecule has 88 valence electrons. The summed E-state index contributed by atoms with van der Waals surface area (Å²) in [4.78, 5) is 0. The Hall–Kier alpha value is -0.120. The van der Waals surface area contributed by atoms with Crippen LogP contribution in [-0.4, -0.2) is 30.7 Å². The molecule has 1 N–H and O–H groups in total. The first-order valence-corrected chi connectivity index (χ1v) is 5.93. The fourth-order valence-corrected chi connectivity index (χ4v) is 3.03. The monoisotopic (exact) mass is 214 g/mol. The molecule has 1 heterocycles. The lowest BCUT2D eigenvalue weighted by molar-refractivity contribution is -0.0712. The highest BCUT2D eigenvalue weighted by Gasteiger charge is 2.47. The van der Waals surface area contributed by atoms with Crippen molar-refractivity contribution in [2.24, 2.45) is 17.3 Å². The van der Waals surface area contributed by atoms with E-state index < -0.39 is 0 Å². The largest absolute Gasteiger partial charge is 0.392 e. The molecule has 3 atom stereocenters. The minimum absolute atomic E-state index is 0.00523. The second-order valence-electron chi connectivity index (χ2n) is 5.58. The van der Waals surface area contributed by atoms with Gasteiger partial charge in [0.2, 0.25) is 0 Å². The van der Waals surface area contributed by atoms with E-state index in [2.05, 4.69) is 20.8 Å². The first-order valence-electron chi connectivity index (χ1n) is 5.93.